The van der Waals surface area contributed by atoms with Gasteiger partial charge in [0.25, 0.3) is 0 Å². The lowest BCUT2D eigenvalue weighted by Gasteiger charge is -2.30. The smallest absolute Gasteiger partial charge is 0.242 e. The number of ether oxygens (including phenoxy) is 1. The van der Waals surface area contributed by atoms with Crippen molar-refractivity contribution >= 4 is 23.6 Å². The number of carbonyl (C=O) groups excluding carboxylic acids is 2. The first-order valence-corrected chi connectivity index (χ1v) is 12.9. The minimum absolute atomic E-state index is 0.0160. The highest BCUT2D eigenvalue weighted by molar-refractivity contribution is 7.99. The lowest BCUT2D eigenvalue weighted by atomic mass is 10.1. The van der Waals surface area contributed by atoms with Crippen LogP contribution in [0.25, 0.3) is 0 Å². The fourth-order valence-corrected chi connectivity index (χ4v) is 4.69. The van der Waals surface area contributed by atoms with Gasteiger partial charge in [-0.25, -0.2) is 0 Å². The van der Waals surface area contributed by atoms with Crippen molar-refractivity contribution in [3.63, 3.8) is 0 Å². The van der Waals surface area contributed by atoms with Crippen LogP contribution in [0.1, 0.15) is 55.4 Å². The number of unbranched alkanes of at least 4 members (excludes halogenated alkanes) is 1. The van der Waals surface area contributed by atoms with Gasteiger partial charge in [0.2, 0.25) is 11.8 Å². The molecule has 33 heavy (non-hydrogen) atoms. The zero-order valence-corrected chi connectivity index (χ0v) is 21.5. The fraction of sp³-hybridized carbons (Fsp3) is 0.481. The van der Waals surface area contributed by atoms with Crippen LogP contribution < -0.4 is 10.1 Å². The Hall–Kier alpha value is -2.47. The summed E-state index contributed by atoms with van der Waals surface area (Å²) in [6.45, 7) is 9.26. The molecule has 2 amide bonds. The highest BCUT2D eigenvalue weighted by Crippen LogP contribution is 2.20. The average Bonchev–Trinajstić information content (AvgIpc) is 2.79. The Morgan fingerprint density at radius 3 is 2.27 bits per heavy atom. The third-order valence-corrected chi connectivity index (χ3v) is 6.49. The van der Waals surface area contributed by atoms with Crippen LogP contribution in [-0.4, -0.2) is 42.2 Å². The predicted octanol–water partition coefficient (Wildman–Crippen LogP) is 5.27. The number of benzene rings is 2. The van der Waals surface area contributed by atoms with E-state index < -0.39 is 6.04 Å². The molecule has 0 unspecified atom stereocenters. The molecule has 0 aliphatic rings. The molecule has 6 heteroatoms. The summed E-state index contributed by atoms with van der Waals surface area (Å²) in [5.74, 6) is 1.78. The number of carbonyl (C=O) groups is 2. The number of nitrogens with zero attached hydrogens (tertiary/aromatic N) is 1. The number of thioether (sulfide) groups is 1. The molecular weight excluding hydrogens is 432 g/mol. The van der Waals surface area contributed by atoms with E-state index in [2.05, 4.69) is 44.3 Å². The van der Waals surface area contributed by atoms with Gasteiger partial charge >= 0.3 is 0 Å². The predicted molar refractivity (Wildman–Crippen MR) is 138 cm³/mol. The molecule has 2 aromatic rings. The summed E-state index contributed by atoms with van der Waals surface area (Å²) in [7, 11) is 1.63. The minimum atomic E-state index is -0.488. The van der Waals surface area contributed by atoms with Gasteiger partial charge in [0, 0.05) is 18.8 Å². The van der Waals surface area contributed by atoms with E-state index in [9.17, 15) is 9.59 Å². The average molecular weight is 471 g/mol. The Bertz CT molecular complexity index is 878. The van der Waals surface area contributed by atoms with E-state index in [-0.39, 0.29) is 11.8 Å². The highest BCUT2D eigenvalue weighted by atomic mass is 32.2. The molecule has 1 N–H and O–H groups in total. The number of methoxy groups -OCH3 is 1. The van der Waals surface area contributed by atoms with E-state index in [0.717, 1.165) is 29.9 Å². The van der Waals surface area contributed by atoms with Crippen molar-refractivity contribution in [2.75, 3.05) is 19.4 Å². The van der Waals surface area contributed by atoms with E-state index >= 15 is 0 Å². The second-order valence-corrected chi connectivity index (χ2v) is 9.41. The van der Waals surface area contributed by atoms with E-state index in [1.165, 1.54) is 16.7 Å². The summed E-state index contributed by atoms with van der Waals surface area (Å²) in [6, 6.07) is 13.7. The van der Waals surface area contributed by atoms with Gasteiger partial charge in [-0.2, -0.15) is 0 Å². The molecular formula is C27H38N2O3S. The summed E-state index contributed by atoms with van der Waals surface area (Å²) in [5, 5.41) is 3.01. The fourth-order valence-electron chi connectivity index (χ4n) is 3.84. The van der Waals surface area contributed by atoms with E-state index in [4.69, 9.17) is 4.74 Å². The summed E-state index contributed by atoms with van der Waals surface area (Å²) < 4.78 is 5.25. The number of hydrogen-bond acceptors (Lipinski definition) is 4. The molecule has 2 aromatic carbocycles. The molecule has 0 aliphatic heterocycles. The second-order valence-electron chi connectivity index (χ2n) is 8.43. The van der Waals surface area contributed by atoms with Crippen molar-refractivity contribution in [1.82, 2.24) is 10.2 Å². The number of aryl methyl sites for hydroxylation is 2. The van der Waals surface area contributed by atoms with Crippen LogP contribution in [0.2, 0.25) is 0 Å². The van der Waals surface area contributed by atoms with Gasteiger partial charge in [-0.1, -0.05) is 61.7 Å². The molecule has 0 heterocycles. The Kier molecular flexibility index (Phi) is 11.3. The van der Waals surface area contributed by atoms with Crippen molar-refractivity contribution < 1.29 is 14.3 Å². The van der Waals surface area contributed by atoms with Crippen LogP contribution in [0.4, 0.5) is 0 Å². The molecule has 0 bridgehead atoms. The quantitative estimate of drug-likeness (QED) is 0.405. The van der Waals surface area contributed by atoms with Crippen molar-refractivity contribution in [2.24, 2.45) is 0 Å². The molecule has 0 spiro atoms. The lowest BCUT2D eigenvalue weighted by Crippen LogP contribution is -2.49. The number of hydrogen-bond donors (Lipinski definition) is 1. The number of amides is 2. The molecule has 1 atom stereocenters. The third-order valence-electron chi connectivity index (χ3n) is 5.50. The van der Waals surface area contributed by atoms with Crippen LogP contribution in [0.3, 0.4) is 0 Å². The molecule has 0 saturated heterocycles. The Morgan fingerprint density at radius 1 is 1.03 bits per heavy atom. The Labute approximate surface area is 203 Å². The lowest BCUT2D eigenvalue weighted by molar-refractivity contribution is -0.139. The molecule has 0 fully saturated rings. The van der Waals surface area contributed by atoms with Crippen LogP contribution in [-0.2, 0) is 21.9 Å². The SMILES string of the molecule is CCCCNC(=O)[C@@H](CC)N(Cc1ccc(OC)cc1)C(=O)CSCc1cc(C)cc(C)c1. The molecule has 0 saturated carbocycles. The van der Waals surface area contributed by atoms with Crippen LogP contribution in [0, 0.1) is 13.8 Å². The zero-order chi connectivity index (χ0) is 24.2. The standard InChI is InChI=1S/C27H38N2O3S/c1-6-8-13-28-27(31)25(7-2)29(17-22-9-11-24(32-5)12-10-22)26(30)19-33-18-23-15-20(3)14-21(4)16-23/h9-12,14-16,25H,6-8,13,17-19H2,1-5H3,(H,28,31)/t25-/m1/s1. The monoisotopic (exact) mass is 470 g/mol. The summed E-state index contributed by atoms with van der Waals surface area (Å²) in [4.78, 5) is 28.0. The van der Waals surface area contributed by atoms with Crippen molar-refractivity contribution in [2.45, 2.75) is 65.3 Å². The number of nitrogens with one attached hydrogen (secondary N) is 1. The largest absolute Gasteiger partial charge is 0.497 e. The van der Waals surface area contributed by atoms with Gasteiger partial charge in [-0.3, -0.25) is 9.59 Å². The molecule has 0 aliphatic carbocycles. The molecule has 180 valence electrons. The van der Waals surface area contributed by atoms with Gasteiger partial charge in [-0.05, 0) is 49.9 Å². The van der Waals surface area contributed by atoms with Crippen LogP contribution in [0.5, 0.6) is 5.75 Å². The van der Waals surface area contributed by atoms with Crippen LogP contribution >= 0.6 is 11.8 Å². The van der Waals surface area contributed by atoms with Crippen molar-refractivity contribution in [3.8, 4) is 5.75 Å². The molecule has 5 nitrogen and oxygen atoms in total. The molecule has 0 radical (unpaired) electrons. The maximum absolute atomic E-state index is 13.3. The number of rotatable bonds is 13. The first kappa shape index (κ1) is 26.8. The first-order valence-electron chi connectivity index (χ1n) is 11.7. The van der Waals surface area contributed by atoms with Crippen molar-refractivity contribution in [3.05, 3.63) is 64.7 Å². The Balaban J connectivity index is 2.12. The van der Waals surface area contributed by atoms with Gasteiger partial charge in [0.05, 0.1) is 12.9 Å². The second kappa shape index (κ2) is 13.9. The van der Waals surface area contributed by atoms with Crippen molar-refractivity contribution in [1.29, 1.82) is 0 Å². The minimum Gasteiger partial charge on any atom is -0.497 e. The van der Waals surface area contributed by atoms with Gasteiger partial charge in [0.1, 0.15) is 11.8 Å². The van der Waals surface area contributed by atoms with E-state index in [0.29, 0.717) is 25.3 Å². The Morgan fingerprint density at radius 2 is 1.70 bits per heavy atom. The summed E-state index contributed by atoms with van der Waals surface area (Å²) in [5.41, 5.74) is 4.65. The van der Waals surface area contributed by atoms with Gasteiger partial charge < -0.3 is 15.0 Å². The van der Waals surface area contributed by atoms with Crippen LogP contribution in [0.15, 0.2) is 42.5 Å². The molecule has 0 aromatic heterocycles. The van der Waals surface area contributed by atoms with E-state index in [1.807, 2.05) is 31.2 Å². The molecule has 2 rings (SSSR count). The normalized spacial score (nSPS) is 11.7. The van der Waals surface area contributed by atoms with Gasteiger partial charge in [-0.15, -0.1) is 11.8 Å². The summed E-state index contributed by atoms with van der Waals surface area (Å²) >= 11 is 1.59. The maximum Gasteiger partial charge on any atom is 0.242 e. The summed E-state index contributed by atoms with van der Waals surface area (Å²) in [6.07, 6.45) is 2.52. The van der Waals surface area contributed by atoms with Gasteiger partial charge in [0.15, 0.2) is 0 Å². The highest BCUT2D eigenvalue weighted by Gasteiger charge is 2.28. The zero-order valence-electron chi connectivity index (χ0n) is 20.6. The first-order chi connectivity index (χ1) is 15.9. The maximum atomic E-state index is 13.3. The van der Waals surface area contributed by atoms with E-state index in [1.54, 1.807) is 23.8 Å². The third kappa shape index (κ3) is 8.77. The topological polar surface area (TPSA) is 58.6 Å².